The predicted molar refractivity (Wildman–Crippen MR) is 83.9 cm³/mol. The number of benzene rings is 1. The Labute approximate surface area is 136 Å². The minimum absolute atomic E-state index is 0.0450. The van der Waals surface area contributed by atoms with Crippen molar-refractivity contribution in [3.05, 3.63) is 35.4 Å². The van der Waals surface area contributed by atoms with Gasteiger partial charge < -0.3 is 9.47 Å². The molecule has 1 aliphatic carbocycles. The summed E-state index contributed by atoms with van der Waals surface area (Å²) in [5, 5.41) is 0. The number of ether oxygens (including phenoxy) is 2. The van der Waals surface area contributed by atoms with Crippen molar-refractivity contribution in [2.45, 2.75) is 38.5 Å². The van der Waals surface area contributed by atoms with E-state index in [9.17, 15) is 14.4 Å². The molecule has 1 aromatic carbocycles. The fraction of sp³-hybridized carbons (Fsp3) is 0.500. The quantitative estimate of drug-likeness (QED) is 0.616. The largest absolute Gasteiger partial charge is 0.469 e. The van der Waals surface area contributed by atoms with Crippen LogP contribution < -0.4 is 0 Å². The van der Waals surface area contributed by atoms with Gasteiger partial charge in [0.2, 0.25) is 0 Å². The number of Topliss-reactive ketones (excluding diaryl/α,β-unsaturated/α-hetero) is 1. The van der Waals surface area contributed by atoms with E-state index in [1.165, 1.54) is 14.2 Å². The SMILES string of the molecule is COC(=O)C(C)c1ccc(CC2(C(=O)OC)CCCC2=O)cc1. The van der Waals surface area contributed by atoms with E-state index in [1.807, 2.05) is 24.3 Å². The number of carbonyl (C=O) groups is 3. The first-order chi connectivity index (χ1) is 10.9. The van der Waals surface area contributed by atoms with Crippen LogP contribution in [0.2, 0.25) is 0 Å². The van der Waals surface area contributed by atoms with Crippen molar-refractivity contribution < 1.29 is 23.9 Å². The van der Waals surface area contributed by atoms with Crippen molar-refractivity contribution in [2.75, 3.05) is 14.2 Å². The molecule has 0 aromatic heterocycles. The molecule has 1 fully saturated rings. The highest BCUT2D eigenvalue weighted by atomic mass is 16.5. The Morgan fingerprint density at radius 3 is 2.30 bits per heavy atom. The number of rotatable bonds is 5. The number of esters is 2. The summed E-state index contributed by atoms with van der Waals surface area (Å²) in [6.07, 6.45) is 2.00. The lowest BCUT2D eigenvalue weighted by molar-refractivity contribution is -0.156. The summed E-state index contributed by atoms with van der Waals surface area (Å²) in [4.78, 5) is 36.0. The topological polar surface area (TPSA) is 69.7 Å². The fourth-order valence-corrected chi connectivity index (χ4v) is 3.19. The van der Waals surface area contributed by atoms with Gasteiger partial charge in [-0.3, -0.25) is 14.4 Å². The Morgan fingerprint density at radius 2 is 1.83 bits per heavy atom. The Kier molecular flexibility index (Phi) is 5.19. The second kappa shape index (κ2) is 6.94. The van der Waals surface area contributed by atoms with Gasteiger partial charge in [0.25, 0.3) is 0 Å². The van der Waals surface area contributed by atoms with E-state index < -0.39 is 11.4 Å². The molecular weight excluding hydrogens is 296 g/mol. The molecule has 1 saturated carbocycles. The third-order valence-corrected chi connectivity index (χ3v) is 4.66. The van der Waals surface area contributed by atoms with Crippen LogP contribution in [-0.2, 0) is 30.3 Å². The lowest BCUT2D eigenvalue weighted by Crippen LogP contribution is -2.38. The standard InChI is InChI=1S/C18H22O5/c1-12(16(20)22-2)14-8-6-13(7-9-14)11-18(17(21)23-3)10-4-5-15(18)19/h6-9,12H,4-5,10-11H2,1-3H3. The zero-order chi connectivity index (χ0) is 17.0. The molecular formula is C18H22O5. The van der Waals surface area contributed by atoms with Gasteiger partial charge in [0.1, 0.15) is 5.41 Å². The monoisotopic (exact) mass is 318 g/mol. The zero-order valence-corrected chi connectivity index (χ0v) is 13.8. The molecule has 1 aliphatic rings. The van der Waals surface area contributed by atoms with Gasteiger partial charge in [-0.15, -0.1) is 0 Å². The third-order valence-electron chi connectivity index (χ3n) is 4.66. The smallest absolute Gasteiger partial charge is 0.319 e. The first-order valence-electron chi connectivity index (χ1n) is 7.73. The van der Waals surface area contributed by atoms with Crippen molar-refractivity contribution >= 4 is 17.7 Å². The fourth-order valence-electron chi connectivity index (χ4n) is 3.19. The summed E-state index contributed by atoms with van der Waals surface area (Å²) in [7, 11) is 2.68. The Bertz CT molecular complexity index is 604. The Balaban J connectivity index is 2.21. The summed E-state index contributed by atoms with van der Waals surface area (Å²) in [6, 6.07) is 7.37. The van der Waals surface area contributed by atoms with Gasteiger partial charge in [-0.25, -0.2) is 0 Å². The lowest BCUT2D eigenvalue weighted by atomic mass is 9.79. The first-order valence-corrected chi connectivity index (χ1v) is 7.73. The van der Waals surface area contributed by atoms with E-state index in [0.717, 1.165) is 11.1 Å². The molecule has 0 saturated heterocycles. The molecule has 0 heterocycles. The van der Waals surface area contributed by atoms with Crippen molar-refractivity contribution in [3.8, 4) is 0 Å². The molecule has 23 heavy (non-hydrogen) atoms. The van der Waals surface area contributed by atoms with Crippen LogP contribution in [0.5, 0.6) is 0 Å². The summed E-state index contributed by atoms with van der Waals surface area (Å²) in [6.45, 7) is 1.78. The van der Waals surface area contributed by atoms with Gasteiger partial charge in [0.15, 0.2) is 5.78 Å². The molecule has 2 unspecified atom stereocenters. The number of methoxy groups -OCH3 is 2. The highest BCUT2D eigenvalue weighted by molar-refractivity contribution is 6.05. The molecule has 124 valence electrons. The Hall–Kier alpha value is -2.17. The second-order valence-corrected chi connectivity index (χ2v) is 6.01. The minimum Gasteiger partial charge on any atom is -0.469 e. The summed E-state index contributed by atoms with van der Waals surface area (Å²) < 4.78 is 9.60. The van der Waals surface area contributed by atoms with E-state index in [4.69, 9.17) is 9.47 Å². The molecule has 0 aliphatic heterocycles. The molecule has 0 amide bonds. The molecule has 2 rings (SSSR count). The maximum atomic E-state index is 12.2. The van der Waals surface area contributed by atoms with Gasteiger partial charge in [-0.2, -0.15) is 0 Å². The van der Waals surface area contributed by atoms with Crippen molar-refractivity contribution in [3.63, 3.8) is 0 Å². The van der Waals surface area contributed by atoms with Crippen LogP contribution in [-0.4, -0.2) is 31.9 Å². The number of ketones is 1. The van der Waals surface area contributed by atoms with Gasteiger partial charge in [-0.1, -0.05) is 24.3 Å². The zero-order valence-electron chi connectivity index (χ0n) is 13.8. The van der Waals surface area contributed by atoms with Gasteiger partial charge in [0, 0.05) is 6.42 Å². The van der Waals surface area contributed by atoms with Crippen LogP contribution in [0.3, 0.4) is 0 Å². The molecule has 2 atom stereocenters. The molecule has 0 bridgehead atoms. The third kappa shape index (κ3) is 3.28. The van der Waals surface area contributed by atoms with E-state index in [2.05, 4.69) is 0 Å². The van der Waals surface area contributed by atoms with E-state index >= 15 is 0 Å². The minimum atomic E-state index is -1.05. The summed E-state index contributed by atoms with van der Waals surface area (Å²) in [5.74, 6) is -1.14. The van der Waals surface area contributed by atoms with Crippen LogP contribution in [0.25, 0.3) is 0 Å². The van der Waals surface area contributed by atoms with Gasteiger partial charge >= 0.3 is 11.9 Å². The molecule has 5 heteroatoms. The number of carbonyl (C=O) groups excluding carboxylic acids is 3. The van der Waals surface area contributed by atoms with Crippen LogP contribution in [0.15, 0.2) is 24.3 Å². The van der Waals surface area contributed by atoms with Crippen molar-refractivity contribution in [2.24, 2.45) is 5.41 Å². The average Bonchev–Trinajstić information content (AvgIpc) is 2.95. The molecule has 1 aromatic rings. The summed E-state index contributed by atoms with van der Waals surface area (Å²) >= 11 is 0. The number of hydrogen-bond donors (Lipinski definition) is 0. The normalized spacial score (nSPS) is 21.8. The molecule has 5 nitrogen and oxygen atoms in total. The van der Waals surface area contributed by atoms with E-state index in [-0.39, 0.29) is 17.7 Å². The number of hydrogen-bond acceptors (Lipinski definition) is 5. The van der Waals surface area contributed by atoms with E-state index in [1.54, 1.807) is 6.92 Å². The predicted octanol–water partition coefficient (Wildman–Crippen LogP) is 2.42. The first kappa shape index (κ1) is 17.2. The van der Waals surface area contributed by atoms with Gasteiger partial charge in [0.05, 0.1) is 20.1 Å². The second-order valence-electron chi connectivity index (χ2n) is 6.01. The maximum Gasteiger partial charge on any atom is 0.319 e. The van der Waals surface area contributed by atoms with Crippen LogP contribution in [0.1, 0.15) is 43.2 Å². The highest BCUT2D eigenvalue weighted by Crippen LogP contribution is 2.39. The Morgan fingerprint density at radius 1 is 1.17 bits per heavy atom. The molecule has 0 N–H and O–H groups in total. The highest BCUT2D eigenvalue weighted by Gasteiger charge is 2.49. The summed E-state index contributed by atoms with van der Waals surface area (Å²) in [5.41, 5.74) is 0.668. The van der Waals surface area contributed by atoms with E-state index in [0.29, 0.717) is 25.7 Å². The lowest BCUT2D eigenvalue weighted by Gasteiger charge is -2.24. The van der Waals surface area contributed by atoms with Crippen molar-refractivity contribution in [1.82, 2.24) is 0 Å². The van der Waals surface area contributed by atoms with Crippen LogP contribution in [0, 0.1) is 5.41 Å². The average molecular weight is 318 g/mol. The van der Waals surface area contributed by atoms with Gasteiger partial charge in [-0.05, 0) is 37.3 Å². The molecule has 0 spiro atoms. The van der Waals surface area contributed by atoms with Crippen LogP contribution in [0.4, 0.5) is 0 Å². The molecule has 0 radical (unpaired) electrons. The maximum absolute atomic E-state index is 12.2. The van der Waals surface area contributed by atoms with Crippen molar-refractivity contribution in [1.29, 1.82) is 0 Å². The van der Waals surface area contributed by atoms with Crippen LogP contribution >= 0.6 is 0 Å².